The van der Waals surface area contributed by atoms with Crippen LogP contribution in [0.15, 0.2) is 30.6 Å². The summed E-state index contributed by atoms with van der Waals surface area (Å²) in [4.78, 5) is 16.5. The third kappa shape index (κ3) is 3.30. The van der Waals surface area contributed by atoms with Gasteiger partial charge in [-0.3, -0.25) is 4.79 Å². The molecular weight excluding hydrogens is 278 g/mol. The fraction of sp³-hybridized carbons (Fsp3) is 0.529. The van der Waals surface area contributed by atoms with Gasteiger partial charge in [0.2, 0.25) is 5.91 Å². The predicted octanol–water partition coefficient (Wildman–Crippen LogP) is 2.09. The number of hydrogen-bond donors (Lipinski definition) is 2. The molecule has 118 valence electrons. The van der Waals surface area contributed by atoms with E-state index in [1.807, 2.05) is 28.8 Å². The van der Waals surface area contributed by atoms with Crippen molar-refractivity contribution < 1.29 is 9.90 Å². The van der Waals surface area contributed by atoms with Gasteiger partial charge in [0.05, 0.1) is 17.4 Å². The molecule has 2 unspecified atom stereocenters. The second-order valence-electron chi connectivity index (χ2n) is 6.08. The maximum Gasteiger partial charge on any atom is 0.222 e. The smallest absolute Gasteiger partial charge is 0.222 e. The molecule has 1 fully saturated rings. The average molecular weight is 301 g/mol. The van der Waals surface area contributed by atoms with Gasteiger partial charge in [-0.25, -0.2) is 4.98 Å². The van der Waals surface area contributed by atoms with Crippen molar-refractivity contribution in [2.45, 2.75) is 44.7 Å². The lowest BCUT2D eigenvalue weighted by molar-refractivity contribution is -0.122. The van der Waals surface area contributed by atoms with Crippen molar-refractivity contribution in [2.24, 2.45) is 5.92 Å². The molecule has 0 radical (unpaired) electrons. The number of amides is 1. The van der Waals surface area contributed by atoms with E-state index in [9.17, 15) is 9.90 Å². The molecule has 1 aliphatic carbocycles. The van der Waals surface area contributed by atoms with Crippen molar-refractivity contribution in [2.75, 3.05) is 6.61 Å². The van der Waals surface area contributed by atoms with Gasteiger partial charge in [0.25, 0.3) is 0 Å². The number of rotatable bonds is 5. The molecule has 1 amide bonds. The lowest BCUT2D eigenvalue weighted by atomic mass is 9.85. The first-order valence-corrected chi connectivity index (χ1v) is 8.08. The van der Waals surface area contributed by atoms with Crippen LogP contribution in [0.4, 0.5) is 0 Å². The van der Waals surface area contributed by atoms with Gasteiger partial charge in [-0.05, 0) is 25.0 Å². The van der Waals surface area contributed by atoms with Crippen LogP contribution in [-0.2, 0) is 11.3 Å². The van der Waals surface area contributed by atoms with Gasteiger partial charge >= 0.3 is 0 Å². The maximum absolute atomic E-state index is 12.2. The number of hydrogen-bond acceptors (Lipinski definition) is 3. The Morgan fingerprint density at radius 3 is 3.00 bits per heavy atom. The molecule has 22 heavy (non-hydrogen) atoms. The van der Waals surface area contributed by atoms with E-state index in [-0.39, 0.29) is 24.5 Å². The van der Waals surface area contributed by atoms with Crippen LogP contribution in [0.2, 0.25) is 0 Å². The number of aryl methyl sites for hydroxylation is 1. The van der Waals surface area contributed by atoms with Gasteiger partial charge in [-0.2, -0.15) is 0 Å². The molecule has 5 nitrogen and oxygen atoms in total. The highest BCUT2D eigenvalue weighted by Crippen LogP contribution is 2.24. The summed E-state index contributed by atoms with van der Waals surface area (Å²) in [5, 5.41) is 12.5. The van der Waals surface area contributed by atoms with Crippen molar-refractivity contribution in [1.82, 2.24) is 14.9 Å². The first-order chi connectivity index (χ1) is 10.8. The molecule has 2 aromatic rings. The van der Waals surface area contributed by atoms with E-state index in [1.165, 1.54) is 0 Å². The van der Waals surface area contributed by atoms with Gasteiger partial charge in [-0.1, -0.05) is 25.0 Å². The number of carbonyl (C=O) groups is 1. The first-order valence-electron chi connectivity index (χ1n) is 8.08. The zero-order valence-electron chi connectivity index (χ0n) is 12.7. The number of nitrogens with one attached hydrogen (secondary N) is 1. The van der Waals surface area contributed by atoms with E-state index in [0.717, 1.165) is 36.7 Å². The molecule has 1 aliphatic rings. The largest absolute Gasteiger partial charge is 0.396 e. The summed E-state index contributed by atoms with van der Waals surface area (Å²) in [5.41, 5.74) is 2.01. The molecule has 0 spiro atoms. The van der Waals surface area contributed by atoms with Gasteiger partial charge in [0, 0.05) is 31.5 Å². The number of imidazole rings is 1. The van der Waals surface area contributed by atoms with E-state index in [1.54, 1.807) is 6.33 Å². The Bertz CT molecular complexity index is 638. The van der Waals surface area contributed by atoms with Crippen LogP contribution < -0.4 is 5.32 Å². The molecule has 1 aromatic heterocycles. The highest BCUT2D eigenvalue weighted by Gasteiger charge is 2.25. The number of para-hydroxylation sites is 2. The zero-order valence-corrected chi connectivity index (χ0v) is 12.7. The van der Waals surface area contributed by atoms with Crippen LogP contribution in [0.25, 0.3) is 11.0 Å². The lowest BCUT2D eigenvalue weighted by Gasteiger charge is -2.30. The highest BCUT2D eigenvalue weighted by molar-refractivity contribution is 5.77. The van der Waals surface area contributed by atoms with Crippen molar-refractivity contribution in [3.05, 3.63) is 30.6 Å². The SMILES string of the molecule is O=C(CCn1cnc2ccccc21)NC1CCCCC1CO. The zero-order chi connectivity index (χ0) is 15.4. The second kappa shape index (κ2) is 6.92. The quantitative estimate of drug-likeness (QED) is 0.888. The van der Waals surface area contributed by atoms with E-state index in [0.29, 0.717) is 13.0 Å². The van der Waals surface area contributed by atoms with Crippen molar-refractivity contribution >= 4 is 16.9 Å². The molecule has 1 aromatic carbocycles. The van der Waals surface area contributed by atoms with Gasteiger partial charge < -0.3 is 15.0 Å². The minimum Gasteiger partial charge on any atom is -0.396 e. The van der Waals surface area contributed by atoms with Crippen LogP contribution in [0.5, 0.6) is 0 Å². The number of aromatic nitrogens is 2. The van der Waals surface area contributed by atoms with Crippen LogP contribution >= 0.6 is 0 Å². The van der Waals surface area contributed by atoms with E-state index >= 15 is 0 Å². The number of nitrogens with zero attached hydrogens (tertiary/aromatic N) is 2. The molecule has 5 heteroatoms. The summed E-state index contributed by atoms with van der Waals surface area (Å²) in [5.74, 6) is 0.273. The first kappa shape index (κ1) is 15.0. The standard InChI is InChI=1S/C17H23N3O2/c21-11-13-5-1-2-6-14(13)19-17(22)9-10-20-12-18-15-7-3-4-8-16(15)20/h3-4,7-8,12-14,21H,1-2,5-6,9-11H2,(H,19,22). The van der Waals surface area contributed by atoms with Crippen molar-refractivity contribution in [3.8, 4) is 0 Å². The second-order valence-corrected chi connectivity index (χ2v) is 6.08. The van der Waals surface area contributed by atoms with E-state index in [2.05, 4.69) is 10.3 Å². The molecule has 1 saturated carbocycles. The maximum atomic E-state index is 12.2. The summed E-state index contributed by atoms with van der Waals surface area (Å²) >= 11 is 0. The molecule has 2 N–H and O–H groups in total. The monoisotopic (exact) mass is 301 g/mol. The summed E-state index contributed by atoms with van der Waals surface area (Å²) < 4.78 is 2.01. The third-order valence-electron chi connectivity index (χ3n) is 4.60. The number of benzene rings is 1. The van der Waals surface area contributed by atoms with Crippen molar-refractivity contribution in [3.63, 3.8) is 0 Å². The lowest BCUT2D eigenvalue weighted by Crippen LogP contribution is -2.43. The van der Waals surface area contributed by atoms with E-state index < -0.39 is 0 Å². The summed E-state index contributed by atoms with van der Waals surface area (Å²) in [6.07, 6.45) is 6.49. The Balaban J connectivity index is 1.56. The fourth-order valence-corrected chi connectivity index (χ4v) is 3.31. The molecule has 0 aliphatic heterocycles. The van der Waals surface area contributed by atoms with Gasteiger partial charge in [0.1, 0.15) is 0 Å². The number of carbonyl (C=O) groups excluding carboxylic acids is 1. The molecule has 0 saturated heterocycles. The molecular formula is C17H23N3O2. The predicted molar refractivity (Wildman–Crippen MR) is 85.3 cm³/mol. The minimum atomic E-state index is 0.0585. The fourth-order valence-electron chi connectivity index (χ4n) is 3.31. The van der Waals surface area contributed by atoms with Crippen LogP contribution in [0.1, 0.15) is 32.1 Å². The number of aliphatic hydroxyl groups is 1. The highest BCUT2D eigenvalue weighted by atomic mass is 16.3. The topological polar surface area (TPSA) is 67.2 Å². The summed E-state index contributed by atoms with van der Waals surface area (Å²) in [6, 6.07) is 8.06. The van der Waals surface area contributed by atoms with Crippen LogP contribution in [-0.4, -0.2) is 33.2 Å². The number of aliphatic hydroxyl groups excluding tert-OH is 1. The molecule has 2 atom stereocenters. The number of fused-ring (bicyclic) bond motifs is 1. The van der Waals surface area contributed by atoms with E-state index in [4.69, 9.17) is 0 Å². The Labute approximate surface area is 130 Å². The van der Waals surface area contributed by atoms with Crippen molar-refractivity contribution in [1.29, 1.82) is 0 Å². The average Bonchev–Trinajstić information content (AvgIpc) is 2.97. The van der Waals surface area contributed by atoms with Crippen LogP contribution in [0, 0.1) is 5.92 Å². The Hall–Kier alpha value is -1.88. The Kier molecular flexibility index (Phi) is 4.73. The third-order valence-corrected chi connectivity index (χ3v) is 4.60. The summed E-state index contributed by atoms with van der Waals surface area (Å²) in [7, 11) is 0. The van der Waals surface area contributed by atoms with Crippen LogP contribution in [0.3, 0.4) is 0 Å². The molecule has 0 bridgehead atoms. The molecule has 3 rings (SSSR count). The van der Waals surface area contributed by atoms with Gasteiger partial charge in [-0.15, -0.1) is 0 Å². The Morgan fingerprint density at radius 2 is 2.14 bits per heavy atom. The van der Waals surface area contributed by atoms with Gasteiger partial charge in [0.15, 0.2) is 0 Å². The molecule has 1 heterocycles. The normalized spacial score (nSPS) is 21.9. The Morgan fingerprint density at radius 1 is 1.32 bits per heavy atom. The minimum absolute atomic E-state index is 0.0585. The summed E-state index contributed by atoms with van der Waals surface area (Å²) in [6.45, 7) is 0.792.